The third-order valence-corrected chi connectivity index (χ3v) is 3.06. The van der Waals surface area contributed by atoms with E-state index in [9.17, 15) is 18.0 Å². The summed E-state index contributed by atoms with van der Waals surface area (Å²) in [6.07, 6.45) is -4.48. The number of carbonyl (C=O) groups excluding carboxylic acids is 1. The number of halogens is 4. The lowest BCUT2D eigenvalue weighted by Crippen LogP contribution is -2.35. The SMILES string of the molecule is C[C@H](CC#N)N(C)C(=O)c1cc(Cl)cc(C(F)(F)F)c1. The topological polar surface area (TPSA) is 44.1 Å². The maximum atomic E-state index is 12.7. The van der Waals surface area contributed by atoms with Crippen LogP contribution in [0.5, 0.6) is 0 Å². The first-order chi connectivity index (χ1) is 9.16. The van der Waals surface area contributed by atoms with Crippen LogP contribution in [0.2, 0.25) is 5.02 Å². The van der Waals surface area contributed by atoms with Gasteiger partial charge in [0.25, 0.3) is 5.91 Å². The summed E-state index contributed by atoms with van der Waals surface area (Å²) in [7, 11) is 1.43. The molecule has 1 rings (SSSR count). The molecule has 1 amide bonds. The number of carbonyl (C=O) groups is 1. The number of hydrogen-bond acceptors (Lipinski definition) is 2. The van der Waals surface area contributed by atoms with Gasteiger partial charge >= 0.3 is 6.18 Å². The van der Waals surface area contributed by atoms with Gasteiger partial charge < -0.3 is 4.90 Å². The molecule has 0 heterocycles. The normalized spacial score (nSPS) is 12.7. The van der Waals surface area contributed by atoms with Gasteiger partial charge in [-0.05, 0) is 25.1 Å². The van der Waals surface area contributed by atoms with Crippen molar-refractivity contribution in [1.29, 1.82) is 5.26 Å². The summed E-state index contributed by atoms with van der Waals surface area (Å²) in [6.45, 7) is 1.64. The smallest absolute Gasteiger partial charge is 0.338 e. The molecule has 108 valence electrons. The lowest BCUT2D eigenvalue weighted by molar-refractivity contribution is -0.137. The number of benzene rings is 1. The largest absolute Gasteiger partial charge is 0.416 e. The third-order valence-electron chi connectivity index (χ3n) is 2.84. The fourth-order valence-corrected chi connectivity index (χ4v) is 1.78. The van der Waals surface area contributed by atoms with Crippen molar-refractivity contribution >= 4 is 17.5 Å². The minimum absolute atomic E-state index is 0.0922. The first-order valence-corrected chi connectivity index (χ1v) is 6.06. The van der Waals surface area contributed by atoms with Crippen LogP contribution in [0.15, 0.2) is 18.2 Å². The average Bonchev–Trinajstić information content (AvgIpc) is 2.35. The Balaban J connectivity index is 3.11. The van der Waals surface area contributed by atoms with Gasteiger partial charge in [0, 0.05) is 23.7 Å². The third kappa shape index (κ3) is 3.87. The molecule has 0 saturated heterocycles. The summed E-state index contributed by atoms with van der Waals surface area (Å²) in [5.74, 6) is -0.610. The lowest BCUT2D eigenvalue weighted by Gasteiger charge is -2.23. The van der Waals surface area contributed by atoms with Gasteiger partial charge in [-0.15, -0.1) is 0 Å². The van der Waals surface area contributed by atoms with Crippen LogP contribution in [0.1, 0.15) is 29.3 Å². The molecule has 7 heteroatoms. The number of nitrogens with zero attached hydrogens (tertiary/aromatic N) is 2. The molecular weight excluding hydrogens is 293 g/mol. The second kappa shape index (κ2) is 6.14. The molecule has 0 aliphatic rings. The molecule has 20 heavy (non-hydrogen) atoms. The van der Waals surface area contributed by atoms with Gasteiger partial charge in [-0.2, -0.15) is 18.4 Å². The van der Waals surface area contributed by atoms with Crippen molar-refractivity contribution in [2.24, 2.45) is 0 Å². The highest BCUT2D eigenvalue weighted by Gasteiger charge is 2.32. The van der Waals surface area contributed by atoms with Gasteiger partial charge in [-0.1, -0.05) is 11.6 Å². The quantitative estimate of drug-likeness (QED) is 0.854. The minimum atomic E-state index is -4.57. The molecule has 0 aliphatic heterocycles. The molecular formula is C13H12ClF3N2O. The van der Waals surface area contributed by atoms with E-state index in [0.717, 1.165) is 12.1 Å². The van der Waals surface area contributed by atoms with Gasteiger partial charge in [-0.3, -0.25) is 4.79 Å². The van der Waals surface area contributed by atoms with Crippen LogP contribution in [-0.2, 0) is 6.18 Å². The predicted molar refractivity (Wildman–Crippen MR) is 68.2 cm³/mol. The summed E-state index contributed by atoms with van der Waals surface area (Å²) < 4.78 is 38.0. The number of hydrogen-bond donors (Lipinski definition) is 0. The molecule has 1 aromatic carbocycles. The van der Waals surface area contributed by atoms with E-state index >= 15 is 0 Å². The fourth-order valence-electron chi connectivity index (χ4n) is 1.55. The van der Waals surface area contributed by atoms with Crippen molar-refractivity contribution in [3.63, 3.8) is 0 Å². The summed E-state index contributed by atoms with van der Waals surface area (Å²) in [4.78, 5) is 13.3. The summed E-state index contributed by atoms with van der Waals surface area (Å²) in [6, 6.07) is 4.19. The van der Waals surface area contributed by atoms with Crippen molar-refractivity contribution in [2.45, 2.75) is 25.6 Å². The molecule has 0 fully saturated rings. The second-order valence-corrected chi connectivity index (χ2v) is 4.79. The van der Waals surface area contributed by atoms with E-state index in [1.807, 2.05) is 6.07 Å². The molecule has 0 spiro atoms. The Morgan fingerprint density at radius 1 is 1.45 bits per heavy atom. The monoisotopic (exact) mass is 304 g/mol. The minimum Gasteiger partial charge on any atom is -0.338 e. The van der Waals surface area contributed by atoms with E-state index in [2.05, 4.69) is 0 Å². The van der Waals surface area contributed by atoms with Crippen LogP contribution >= 0.6 is 11.6 Å². The van der Waals surface area contributed by atoms with Gasteiger partial charge in [-0.25, -0.2) is 0 Å². The molecule has 0 unspecified atom stereocenters. The van der Waals surface area contributed by atoms with Gasteiger partial charge in [0.05, 0.1) is 18.1 Å². The zero-order chi connectivity index (χ0) is 15.5. The zero-order valence-corrected chi connectivity index (χ0v) is 11.6. The summed E-state index contributed by atoms with van der Waals surface area (Å²) >= 11 is 5.62. The lowest BCUT2D eigenvalue weighted by atomic mass is 10.1. The number of rotatable bonds is 3. The number of alkyl halides is 3. The Labute approximate surface area is 119 Å². The molecule has 0 radical (unpaired) electrons. The van der Waals surface area contributed by atoms with E-state index in [1.165, 1.54) is 18.0 Å². The van der Waals surface area contributed by atoms with Crippen LogP contribution in [0.25, 0.3) is 0 Å². The van der Waals surface area contributed by atoms with Crippen LogP contribution in [0.4, 0.5) is 13.2 Å². The van der Waals surface area contributed by atoms with E-state index in [0.29, 0.717) is 0 Å². The first kappa shape index (κ1) is 16.3. The zero-order valence-electron chi connectivity index (χ0n) is 10.8. The van der Waals surface area contributed by atoms with Crippen LogP contribution in [0, 0.1) is 11.3 Å². The average molecular weight is 305 g/mol. The Hall–Kier alpha value is -1.74. The molecule has 0 aliphatic carbocycles. The molecule has 0 N–H and O–H groups in total. The fraction of sp³-hybridized carbons (Fsp3) is 0.385. The summed E-state index contributed by atoms with van der Waals surface area (Å²) in [5, 5.41) is 8.41. The van der Waals surface area contributed by atoms with Gasteiger partial charge in [0.1, 0.15) is 0 Å². The van der Waals surface area contributed by atoms with E-state index < -0.39 is 23.7 Å². The van der Waals surface area contributed by atoms with Crippen molar-refractivity contribution in [2.75, 3.05) is 7.05 Å². The Kier molecular flexibility index (Phi) is 5.01. The van der Waals surface area contributed by atoms with Crippen LogP contribution in [0.3, 0.4) is 0 Å². The van der Waals surface area contributed by atoms with Crippen LogP contribution < -0.4 is 0 Å². The Bertz CT molecular complexity index is 552. The Morgan fingerprint density at radius 3 is 2.55 bits per heavy atom. The van der Waals surface area contributed by atoms with Crippen molar-refractivity contribution in [3.8, 4) is 6.07 Å². The number of amides is 1. The molecule has 0 aromatic heterocycles. The van der Waals surface area contributed by atoms with Crippen molar-refractivity contribution in [1.82, 2.24) is 4.90 Å². The van der Waals surface area contributed by atoms with Crippen molar-refractivity contribution < 1.29 is 18.0 Å². The van der Waals surface area contributed by atoms with E-state index in [4.69, 9.17) is 16.9 Å². The molecule has 0 bridgehead atoms. The van der Waals surface area contributed by atoms with Gasteiger partial charge in [0.15, 0.2) is 0 Å². The molecule has 1 aromatic rings. The molecule has 1 atom stereocenters. The predicted octanol–water partition coefficient (Wildman–Crippen LogP) is 3.73. The van der Waals surface area contributed by atoms with Crippen LogP contribution in [-0.4, -0.2) is 23.9 Å². The van der Waals surface area contributed by atoms with Gasteiger partial charge in [0.2, 0.25) is 0 Å². The summed E-state index contributed by atoms with van der Waals surface area (Å²) in [5.41, 5.74) is -1.13. The second-order valence-electron chi connectivity index (χ2n) is 4.35. The van der Waals surface area contributed by atoms with Crippen molar-refractivity contribution in [3.05, 3.63) is 34.3 Å². The maximum Gasteiger partial charge on any atom is 0.416 e. The van der Waals surface area contributed by atoms with E-state index in [-0.39, 0.29) is 17.0 Å². The van der Waals surface area contributed by atoms with E-state index in [1.54, 1.807) is 6.92 Å². The first-order valence-electron chi connectivity index (χ1n) is 5.68. The highest BCUT2D eigenvalue weighted by atomic mass is 35.5. The highest BCUT2D eigenvalue weighted by Crippen LogP contribution is 2.32. The highest BCUT2D eigenvalue weighted by molar-refractivity contribution is 6.31. The number of nitriles is 1. The Morgan fingerprint density at radius 2 is 2.05 bits per heavy atom. The molecule has 3 nitrogen and oxygen atoms in total. The standard InChI is InChI=1S/C13H12ClF3N2O/c1-8(3-4-18)19(2)12(20)9-5-10(13(15,16)17)7-11(14)6-9/h5-8H,3H2,1-2H3/t8-/m1/s1. The maximum absolute atomic E-state index is 12.7. The molecule has 0 saturated carbocycles.